The first kappa shape index (κ1) is 26.2. The van der Waals surface area contributed by atoms with Crippen LogP contribution < -0.4 is 5.32 Å². The molecule has 0 aliphatic carbocycles. The van der Waals surface area contributed by atoms with Gasteiger partial charge in [-0.1, -0.05) is 78.9 Å². The number of amides is 1. The maximum Gasteiger partial charge on any atom is 0.491 e. The minimum Gasteiger partial charge on any atom is -0.430 e. The summed E-state index contributed by atoms with van der Waals surface area (Å²) in [4.78, 5) is 27.7. The van der Waals surface area contributed by atoms with Crippen molar-refractivity contribution in [2.75, 3.05) is 19.6 Å². The molecule has 1 unspecified atom stereocenters. The summed E-state index contributed by atoms with van der Waals surface area (Å²) < 4.78 is 47.4. The Morgan fingerprint density at radius 1 is 0.872 bits per heavy atom. The summed E-state index contributed by atoms with van der Waals surface area (Å²) in [7, 11) is 0. The monoisotopic (exact) mass is 533 g/mol. The van der Waals surface area contributed by atoms with Gasteiger partial charge < -0.3 is 14.6 Å². The van der Waals surface area contributed by atoms with Crippen LogP contribution in [-0.2, 0) is 16.0 Å². The van der Waals surface area contributed by atoms with E-state index in [1.807, 2.05) is 65.2 Å². The van der Waals surface area contributed by atoms with Gasteiger partial charge in [-0.2, -0.15) is 13.2 Å². The van der Waals surface area contributed by atoms with E-state index in [4.69, 9.17) is 4.74 Å². The molecule has 1 aliphatic rings. The molecule has 0 saturated carbocycles. The molecule has 1 N–H and O–H groups in total. The van der Waals surface area contributed by atoms with Crippen LogP contribution >= 0.6 is 0 Å². The van der Waals surface area contributed by atoms with Crippen molar-refractivity contribution in [3.63, 3.8) is 0 Å². The van der Waals surface area contributed by atoms with Crippen LogP contribution in [0.4, 0.5) is 13.2 Å². The molecule has 2 heterocycles. The molecule has 0 bridgehead atoms. The fraction of sp³-hybridized carbons (Fsp3) is 0.200. The second-order valence-electron chi connectivity index (χ2n) is 9.28. The first-order valence-electron chi connectivity index (χ1n) is 12.5. The van der Waals surface area contributed by atoms with E-state index in [1.165, 1.54) is 4.90 Å². The number of nitrogens with zero attached hydrogens (tertiary/aromatic N) is 2. The Hall–Kier alpha value is -4.37. The van der Waals surface area contributed by atoms with E-state index in [1.54, 1.807) is 42.6 Å². The van der Waals surface area contributed by atoms with Gasteiger partial charge in [0.05, 0.1) is 17.8 Å². The van der Waals surface area contributed by atoms with Gasteiger partial charge in [-0.15, -0.1) is 0 Å². The third-order valence-corrected chi connectivity index (χ3v) is 6.69. The molecule has 9 heteroatoms. The van der Waals surface area contributed by atoms with Crippen molar-refractivity contribution < 1.29 is 27.5 Å². The SMILES string of the molecule is O=C(c1ccn(-c2ccccc2)c1-c1ccccc1)N1CCNCC1(Cc1ccccc1)OC(=O)C(F)(F)F. The Morgan fingerprint density at radius 2 is 1.49 bits per heavy atom. The molecule has 4 aromatic rings. The number of hydrogen-bond acceptors (Lipinski definition) is 4. The minimum atomic E-state index is -5.22. The third kappa shape index (κ3) is 5.44. The van der Waals surface area contributed by atoms with E-state index in [0.717, 1.165) is 11.3 Å². The van der Waals surface area contributed by atoms with Gasteiger partial charge in [0.2, 0.25) is 5.72 Å². The number of aromatic nitrogens is 1. The number of nitrogens with one attached hydrogen (secondary N) is 1. The average Bonchev–Trinajstić information content (AvgIpc) is 3.39. The van der Waals surface area contributed by atoms with Crippen molar-refractivity contribution in [3.8, 4) is 16.9 Å². The highest BCUT2D eigenvalue weighted by atomic mass is 19.4. The zero-order valence-electron chi connectivity index (χ0n) is 20.9. The molecular formula is C30H26F3N3O3. The molecule has 39 heavy (non-hydrogen) atoms. The molecule has 1 amide bonds. The van der Waals surface area contributed by atoms with Crippen molar-refractivity contribution >= 4 is 11.9 Å². The highest BCUT2D eigenvalue weighted by Crippen LogP contribution is 2.34. The van der Waals surface area contributed by atoms with Crippen LogP contribution in [-0.4, -0.2) is 52.9 Å². The first-order chi connectivity index (χ1) is 18.8. The van der Waals surface area contributed by atoms with E-state index >= 15 is 0 Å². The Balaban J connectivity index is 1.62. The summed E-state index contributed by atoms with van der Waals surface area (Å²) in [5, 5.41) is 3.02. The average molecular weight is 534 g/mol. The molecule has 3 aromatic carbocycles. The van der Waals surface area contributed by atoms with Crippen LogP contribution in [0.15, 0.2) is 103 Å². The standard InChI is InChI=1S/C30H26F3N3O3/c31-30(32,33)28(38)39-29(20-22-10-4-1-5-11-22)21-34-17-19-36(29)27(37)25-16-18-35(24-14-8-3-9-15-24)26(25)23-12-6-2-7-13-23/h1-16,18,34H,17,19-21H2. The van der Waals surface area contributed by atoms with Crippen molar-refractivity contribution in [2.24, 2.45) is 0 Å². The number of benzene rings is 3. The van der Waals surface area contributed by atoms with Gasteiger partial charge in [-0.05, 0) is 29.3 Å². The zero-order valence-corrected chi connectivity index (χ0v) is 20.9. The second-order valence-corrected chi connectivity index (χ2v) is 9.28. The van der Waals surface area contributed by atoms with Gasteiger partial charge in [-0.25, -0.2) is 4.79 Å². The second kappa shape index (κ2) is 10.8. The Labute approximate surface area is 223 Å². The summed E-state index contributed by atoms with van der Waals surface area (Å²) in [6, 6.07) is 29.1. The van der Waals surface area contributed by atoms with Gasteiger partial charge >= 0.3 is 12.1 Å². The third-order valence-electron chi connectivity index (χ3n) is 6.69. The summed E-state index contributed by atoms with van der Waals surface area (Å²) in [6.07, 6.45) is -3.58. The van der Waals surface area contributed by atoms with Crippen LogP contribution in [0.3, 0.4) is 0 Å². The number of carbonyl (C=O) groups excluding carboxylic acids is 2. The van der Waals surface area contributed by atoms with Gasteiger partial charge in [0, 0.05) is 31.4 Å². The lowest BCUT2D eigenvalue weighted by Crippen LogP contribution is -2.66. The van der Waals surface area contributed by atoms with Crippen LogP contribution in [0.2, 0.25) is 0 Å². The molecule has 1 saturated heterocycles. The summed E-state index contributed by atoms with van der Waals surface area (Å²) in [5.74, 6) is -2.87. The van der Waals surface area contributed by atoms with Crippen molar-refractivity contribution in [3.05, 3.63) is 114 Å². The van der Waals surface area contributed by atoms with Crippen LogP contribution in [0.25, 0.3) is 16.9 Å². The number of ether oxygens (including phenoxy) is 1. The smallest absolute Gasteiger partial charge is 0.430 e. The van der Waals surface area contributed by atoms with E-state index < -0.39 is 23.8 Å². The van der Waals surface area contributed by atoms with Crippen LogP contribution in [0.1, 0.15) is 15.9 Å². The van der Waals surface area contributed by atoms with Gasteiger partial charge in [-0.3, -0.25) is 9.69 Å². The van der Waals surface area contributed by atoms with Crippen molar-refractivity contribution in [1.29, 1.82) is 0 Å². The lowest BCUT2D eigenvalue weighted by molar-refractivity contribution is -0.229. The molecule has 1 aliphatic heterocycles. The molecule has 200 valence electrons. The summed E-state index contributed by atoms with van der Waals surface area (Å²) in [5.41, 5.74) is 1.17. The Kier molecular flexibility index (Phi) is 7.26. The Bertz CT molecular complexity index is 1440. The van der Waals surface area contributed by atoms with Gasteiger partial charge in [0.1, 0.15) is 0 Å². The largest absolute Gasteiger partial charge is 0.491 e. The molecule has 5 rings (SSSR count). The molecule has 0 spiro atoms. The van der Waals surface area contributed by atoms with E-state index in [0.29, 0.717) is 17.8 Å². The summed E-state index contributed by atoms with van der Waals surface area (Å²) >= 11 is 0. The van der Waals surface area contributed by atoms with Crippen molar-refractivity contribution in [1.82, 2.24) is 14.8 Å². The molecule has 1 aromatic heterocycles. The number of carbonyl (C=O) groups is 2. The zero-order chi connectivity index (χ0) is 27.5. The number of esters is 1. The van der Waals surface area contributed by atoms with E-state index in [2.05, 4.69) is 5.32 Å². The predicted molar refractivity (Wildman–Crippen MR) is 140 cm³/mol. The van der Waals surface area contributed by atoms with Crippen molar-refractivity contribution in [2.45, 2.75) is 18.3 Å². The fourth-order valence-electron chi connectivity index (χ4n) is 4.94. The molecule has 1 atom stereocenters. The lowest BCUT2D eigenvalue weighted by Gasteiger charge is -2.46. The number of alkyl halides is 3. The van der Waals surface area contributed by atoms with E-state index in [9.17, 15) is 22.8 Å². The fourth-order valence-corrected chi connectivity index (χ4v) is 4.94. The highest BCUT2D eigenvalue weighted by Gasteiger charge is 2.51. The van der Waals surface area contributed by atoms with E-state index in [-0.39, 0.29) is 25.1 Å². The highest BCUT2D eigenvalue weighted by molar-refractivity contribution is 6.01. The Morgan fingerprint density at radius 3 is 2.13 bits per heavy atom. The van der Waals surface area contributed by atoms with Gasteiger partial charge in [0.15, 0.2) is 0 Å². The summed E-state index contributed by atoms with van der Waals surface area (Å²) in [6.45, 7) is 0.211. The number of piperazine rings is 1. The van der Waals surface area contributed by atoms with Crippen LogP contribution in [0, 0.1) is 0 Å². The molecular weight excluding hydrogens is 507 g/mol. The normalized spacial score (nSPS) is 17.6. The number of halogens is 3. The van der Waals surface area contributed by atoms with Gasteiger partial charge in [0.25, 0.3) is 5.91 Å². The number of hydrogen-bond donors (Lipinski definition) is 1. The van der Waals surface area contributed by atoms with Crippen LogP contribution in [0.5, 0.6) is 0 Å². The quantitative estimate of drug-likeness (QED) is 0.345. The molecule has 6 nitrogen and oxygen atoms in total. The minimum absolute atomic E-state index is 0.0432. The topological polar surface area (TPSA) is 63.6 Å². The maximum atomic E-state index is 14.3. The first-order valence-corrected chi connectivity index (χ1v) is 12.5. The lowest BCUT2D eigenvalue weighted by atomic mass is 9.96. The molecule has 1 fully saturated rings. The number of para-hydroxylation sites is 1. The maximum absolute atomic E-state index is 14.3. The molecule has 0 radical (unpaired) electrons. The number of rotatable bonds is 6. The predicted octanol–water partition coefficient (Wildman–Crippen LogP) is 5.23.